The Bertz CT molecular complexity index is 165. The van der Waals surface area contributed by atoms with E-state index in [0.29, 0.717) is 5.41 Å². The monoisotopic (exact) mass is 212 g/mol. The first kappa shape index (κ1) is 11.3. The average molecular weight is 212 g/mol. The number of hydrogen-bond acceptors (Lipinski definition) is 4. The molecular formula is C11H24N4. The van der Waals surface area contributed by atoms with Crippen molar-refractivity contribution >= 4 is 0 Å². The first-order chi connectivity index (χ1) is 7.28. The average Bonchev–Trinajstić information content (AvgIpc) is 2.31. The lowest BCUT2D eigenvalue weighted by atomic mass is 9.72. The van der Waals surface area contributed by atoms with Crippen LogP contribution in [0.2, 0.25) is 0 Å². The van der Waals surface area contributed by atoms with E-state index in [1.54, 1.807) is 0 Å². The summed E-state index contributed by atoms with van der Waals surface area (Å²) in [5, 5.41) is 4.69. The van der Waals surface area contributed by atoms with E-state index in [2.05, 4.69) is 20.9 Å². The molecule has 2 aliphatic rings. The molecule has 2 rings (SSSR count). The van der Waals surface area contributed by atoms with Gasteiger partial charge in [0.1, 0.15) is 0 Å². The van der Waals surface area contributed by atoms with Gasteiger partial charge in [0.25, 0.3) is 0 Å². The SMILES string of the molecule is CNN1CCC2(CC1)CCN(NC)CC2. The molecular weight excluding hydrogens is 188 g/mol. The van der Waals surface area contributed by atoms with Crippen LogP contribution in [0.4, 0.5) is 0 Å². The van der Waals surface area contributed by atoms with Crippen molar-refractivity contribution in [3.8, 4) is 0 Å². The molecule has 0 aliphatic carbocycles. The molecule has 0 aromatic carbocycles. The highest BCUT2D eigenvalue weighted by Gasteiger charge is 2.36. The van der Waals surface area contributed by atoms with E-state index in [1.165, 1.54) is 51.9 Å². The van der Waals surface area contributed by atoms with Crippen molar-refractivity contribution in [3.05, 3.63) is 0 Å². The number of piperidine rings is 2. The van der Waals surface area contributed by atoms with E-state index < -0.39 is 0 Å². The van der Waals surface area contributed by atoms with E-state index in [1.807, 2.05) is 14.1 Å². The predicted molar refractivity (Wildman–Crippen MR) is 62.2 cm³/mol. The van der Waals surface area contributed by atoms with Gasteiger partial charge in [-0.15, -0.1) is 0 Å². The van der Waals surface area contributed by atoms with E-state index in [4.69, 9.17) is 0 Å². The summed E-state index contributed by atoms with van der Waals surface area (Å²) in [7, 11) is 4.06. The van der Waals surface area contributed by atoms with Crippen LogP contribution in [0.25, 0.3) is 0 Å². The molecule has 0 aromatic heterocycles. The van der Waals surface area contributed by atoms with E-state index in [-0.39, 0.29) is 0 Å². The zero-order valence-corrected chi connectivity index (χ0v) is 10.1. The Labute approximate surface area is 92.9 Å². The molecule has 0 unspecified atom stereocenters. The molecule has 2 fully saturated rings. The summed E-state index contributed by atoms with van der Waals surface area (Å²) in [5.41, 5.74) is 7.17. The normalized spacial score (nSPS) is 28.4. The highest BCUT2D eigenvalue weighted by Crippen LogP contribution is 2.40. The van der Waals surface area contributed by atoms with Gasteiger partial charge in [0.05, 0.1) is 0 Å². The lowest BCUT2D eigenvalue weighted by Crippen LogP contribution is -2.51. The van der Waals surface area contributed by atoms with Crippen molar-refractivity contribution in [1.82, 2.24) is 20.9 Å². The van der Waals surface area contributed by atoms with Crippen molar-refractivity contribution in [2.24, 2.45) is 5.41 Å². The van der Waals surface area contributed by atoms with Gasteiger partial charge >= 0.3 is 0 Å². The molecule has 1 spiro atoms. The number of rotatable bonds is 2. The number of hydrogen-bond donors (Lipinski definition) is 2. The molecule has 0 bridgehead atoms. The van der Waals surface area contributed by atoms with Gasteiger partial charge in [-0.05, 0) is 45.2 Å². The third kappa shape index (κ3) is 2.50. The van der Waals surface area contributed by atoms with E-state index in [9.17, 15) is 0 Å². The van der Waals surface area contributed by atoms with Crippen molar-refractivity contribution in [3.63, 3.8) is 0 Å². The zero-order valence-electron chi connectivity index (χ0n) is 10.1. The molecule has 15 heavy (non-hydrogen) atoms. The first-order valence-electron chi connectivity index (χ1n) is 6.13. The Hall–Kier alpha value is -0.160. The van der Waals surface area contributed by atoms with Crippen LogP contribution in [0.1, 0.15) is 25.7 Å². The summed E-state index contributed by atoms with van der Waals surface area (Å²) in [6, 6.07) is 0. The van der Waals surface area contributed by atoms with Crippen LogP contribution < -0.4 is 10.9 Å². The molecule has 4 nitrogen and oxygen atoms in total. The largest absolute Gasteiger partial charge is 0.258 e. The third-order valence-corrected chi connectivity index (χ3v) is 4.28. The van der Waals surface area contributed by atoms with Crippen LogP contribution >= 0.6 is 0 Å². The van der Waals surface area contributed by atoms with Crippen molar-refractivity contribution < 1.29 is 0 Å². The summed E-state index contributed by atoms with van der Waals surface area (Å²) >= 11 is 0. The predicted octanol–water partition coefficient (Wildman–Crippen LogP) is 0.433. The fourth-order valence-electron chi connectivity index (χ4n) is 2.91. The van der Waals surface area contributed by atoms with Crippen molar-refractivity contribution in [2.45, 2.75) is 25.7 Å². The second kappa shape index (κ2) is 4.78. The van der Waals surface area contributed by atoms with Gasteiger partial charge in [0.2, 0.25) is 0 Å². The molecule has 0 aromatic rings. The maximum Gasteiger partial charge on any atom is 0.0136 e. The van der Waals surface area contributed by atoms with Crippen LogP contribution in [0.3, 0.4) is 0 Å². The molecule has 2 saturated heterocycles. The highest BCUT2D eigenvalue weighted by atomic mass is 15.5. The zero-order chi connectivity index (χ0) is 10.7. The van der Waals surface area contributed by atoms with Crippen LogP contribution in [0.5, 0.6) is 0 Å². The topological polar surface area (TPSA) is 30.5 Å². The first-order valence-corrected chi connectivity index (χ1v) is 6.13. The lowest BCUT2D eigenvalue weighted by molar-refractivity contribution is 0.00827. The molecule has 88 valence electrons. The Kier molecular flexibility index (Phi) is 3.61. The Morgan fingerprint density at radius 3 is 1.33 bits per heavy atom. The van der Waals surface area contributed by atoms with Gasteiger partial charge in [0.15, 0.2) is 0 Å². The molecule has 0 radical (unpaired) electrons. The molecule has 0 saturated carbocycles. The standard InChI is InChI=1S/C11H24N4/c1-12-14-7-3-11(4-8-14)5-9-15(13-2)10-6-11/h12-13H,3-10H2,1-2H3. The van der Waals surface area contributed by atoms with E-state index >= 15 is 0 Å². The summed E-state index contributed by atoms with van der Waals surface area (Å²) < 4.78 is 0. The summed E-state index contributed by atoms with van der Waals surface area (Å²) in [6.45, 7) is 4.87. The van der Waals surface area contributed by atoms with E-state index in [0.717, 1.165) is 0 Å². The molecule has 0 amide bonds. The quantitative estimate of drug-likeness (QED) is 0.695. The second-order valence-corrected chi connectivity index (χ2v) is 4.92. The Balaban J connectivity index is 1.83. The maximum absolute atomic E-state index is 3.26. The lowest BCUT2D eigenvalue weighted by Gasteiger charge is -2.46. The third-order valence-electron chi connectivity index (χ3n) is 4.28. The fraction of sp³-hybridized carbons (Fsp3) is 1.00. The van der Waals surface area contributed by atoms with Gasteiger partial charge < -0.3 is 0 Å². The van der Waals surface area contributed by atoms with Crippen LogP contribution in [0.15, 0.2) is 0 Å². The molecule has 2 heterocycles. The van der Waals surface area contributed by atoms with Gasteiger partial charge in [-0.25, -0.2) is 10.0 Å². The van der Waals surface area contributed by atoms with Crippen molar-refractivity contribution in [2.75, 3.05) is 40.3 Å². The number of hydrazine groups is 2. The van der Waals surface area contributed by atoms with Crippen LogP contribution in [0, 0.1) is 5.41 Å². The maximum atomic E-state index is 3.26. The van der Waals surface area contributed by atoms with Gasteiger partial charge in [-0.2, -0.15) is 0 Å². The summed E-state index contributed by atoms with van der Waals surface area (Å²) in [6.07, 6.45) is 5.47. The highest BCUT2D eigenvalue weighted by molar-refractivity contribution is 4.89. The van der Waals surface area contributed by atoms with Gasteiger partial charge in [0, 0.05) is 26.2 Å². The summed E-state index contributed by atoms with van der Waals surface area (Å²) in [4.78, 5) is 0. The minimum absolute atomic E-state index is 0.653. The second-order valence-electron chi connectivity index (χ2n) is 4.92. The molecule has 0 atom stereocenters. The minimum atomic E-state index is 0.653. The van der Waals surface area contributed by atoms with Gasteiger partial charge in [-0.3, -0.25) is 10.9 Å². The van der Waals surface area contributed by atoms with Gasteiger partial charge in [-0.1, -0.05) is 0 Å². The Morgan fingerprint density at radius 2 is 1.07 bits per heavy atom. The van der Waals surface area contributed by atoms with Crippen LogP contribution in [-0.2, 0) is 0 Å². The van der Waals surface area contributed by atoms with Crippen LogP contribution in [-0.4, -0.2) is 50.3 Å². The van der Waals surface area contributed by atoms with Crippen molar-refractivity contribution in [1.29, 1.82) is 0 Å². The molecule has 2 N–H and O–H groups in total. The fourth-order valence-corrected chi connectivity index (χ4v) is 2.91. The molecule has 4 heteroatoms. The molecule has 2 aliphatic heterocycles. The minimum Gasteiger partial charge on any atom is -0.258 e. The number of nitrogens with zero attached hydrogens (tertiary/aromatic N) is 2. The summed E-state index contributed by atoms with van der Waals surface area (Å²) in [5.74, 6) is 0. The number of nitrogens with one attached hydrogen (secondary N) is 2. The smallest absolute Gasteiger partial charge is 0.0136 e. The Morgan fingerprint density at radius 1 is 0.733 bits per heavy atom.